The molecule has 3 aromatic rings. The molecule has 0 aliphatic heterocycles. The number of pyridine rings is 1. The first-order valence-corrected chi connectivity index (χ1v) is 5.61. The van der Waals surface area contributed by atoms with Gasteiger partial charge in [0.2, 0.25) is 0 Å². The molecule has 0 bridgehead atoms. The van der Waals surface area contributed by atoms with Crippen molar-refractivity contribution in [2.75, 3.05) is 0 Å². The van der Waals surface area contributed by atoms with Crippen LogP contribution < -0.4 is 0 Å². The third-order valence-corrected chi connectivity index (χ3v) is 2.90. The number of fused-ring (bicyclic) bond motifs is 1. The van der Waals surface area contributed by atoms with E-state index in [1.807, 2.05) is 0 Å². The molecule has 7 heteroatoms. The maximum Gasteiger partial charge on any atom is 0.416 e. The third-order valence-electron chi connectivity index (χ3n) is 2.90. The number of aromatic nitrogens is 3. The molecule has 3 nitrogen and oxygen atoms in total. The van der Waals surface area contributed by atoms with Crippen LogP contribution in [-0.4, -0.2) is 15.2 Å². The first kappa shape index (κ1) is 12.6. The molecule has 0 unspecified atom stereocenters. The van der Waals surface area contributed by atoms with Gasteiger partial charge in [-0.15, -0.1) is 0 Å². The molecule has 0 atom stereocenters. The lowest BCUT2D eigenvalue weighted by atomic mass is 10.0. The van der Waals surface area contributed by atoms with Crippen LogP contribution in [0, 0.1) is 5.82 Å². The normalized spacial score (nSPS) is 12.0. The summed E-state index contributed by atoms with van der Waals surface area (Å²) in [6.07, 6.45) is -1.73. The predicted molar refractivity (Wildman–Crippen MR) is 64.3 cm³/mol. The van der Waals surface area contributed by atoms with Crippen molar-refractivity contribution in [3.05, 3.63) is 48.0 Å². The van der Waals surface area contributed by atoms with Crippen molar-refractivity contribution in [2.24, 2.45) is 0 Å². The Morgan fingerprint density at radius 3 is 2.60 bits per heavy atom. The molecule has 1 N–H and O–H groups in total. The van der Waals surface area contributed by atoms with Crippen LogP contribution in [0.1, 0.15) is 5.56 Å². The fraction of sp³-hybridized carbons (Fsp3) is 0.0769. The van der Waals surface area contributed by atoms with E-state index < -0.39 is 17.6 Å². The van der Waals surface area contributed by atoms with E-state index >= 15 is 0 Å². The standard InChI is InChI=1S/C13H7F4N3/c14-10-2-1-8(13(15,16)17)4-9(10)7-3-11-12(18-5-7)6-19-20-11/h1-6H,(H,19,20). The summed E-state index contributed by atoms with van der Waals surface area (Å²) in [7, 11) is 0. The van der Waals surface area contributed by atoms with Crippen molar-refractivity contribution < 1.29 is 17.6 Å². The fourth-order valence-electron chi connectivity index (χ4n) is 1.90. The third kappa shape index (κ3) is 2.11. The van der Waals surface area contributed by atoms with E-state index in [0.717, 1.165) is 12.1 Å². The second-order valence-corrected chi connectivity index (χ2v) is 4.22. The lowest BCUT2D eigenvalue weighted by Gasteiger charge is -2.09. The number of H-pyrrole nitrogens is 1. The largest absolute Gasteiger partial charge is 0.416 e. The van der Waals surface area contributed by atoms with E-state index in [-0.39, 0.29) is 11.1 Å². The Kier molecular flexibility index (Phi) is 2.70. The van der Waals surface area contributed by atoms with Crippen LogP contribution in [0.5, 0.6) is 0 Å². The molecule has 0 saturated carbocycles. The highest BCUT2D eigenvalue weighted by Crippen LogP contribution is 2.33. The van der Waals surface area contributed by atoms with Crippen molar-refractivity contribution >= 4 is 11.0 Å². The molecule has 3 rings (SSSR count). The number of nitrogens with one attached hydrogen (secondary N) is 1. The summed E-state index contributed by atoms with van der Waals surface area (Å²) in [6, 6.07) is 3.79. The molecule has 0 aliphatic carbocycles. The summed E-state index contributed by atoms with van der Waals surface area (Å²) in [5.74, 6) is -0.737. The Bertz CT molecular complexity index is 777. The molecule has 0 saturated heterocycles. The average molecular weight is 281 g/mol. The Balaban J connectivity index is 2.17. The molecule has 0 aliphatic rings. The summed E-state index contributed by atoms with van der Waals surface area (Å²) in [5.41, 5.74) is 0.285. The summed E-state index contributed by atoms with van der Waals surface area (Å²) < 4.78 is 51.7. The van der Waals surface area contributed by atoms with Gasteiger partial charge in [-0.2, -0.15) is 18.3 Å². The molecular weight excluding hydrogens is 274 g/mol. The van der Waals surface area contributed by atoms with Gasteiger partial charge in [-0.3, -0.25) is 10.1 Å². The van der Waals surface area contributed by atoms with Crippen LogP contribution in [0.15, 0.2) is 36.7 Å². The summed E-state index contributed by atoms with van der Waals surface area (Å²) in [5, 5.41) is 6.39. The van der Waals surface area contributed by atoms with Gasteiger partial charge in [0.1, 0.15) is 11.3 Å². The summed E-state index contributed by atoms with van der Waals surface area (Å²) >= 11 is 0. The Morgan fingerprint density at radius 2 is 1.85 bits per heavy atom. The van der Waals surface area contributed by atoms with E-state index in [1.165, 1.54) is 18.5 Å². The minimum atomic E-state index is -4.52. The van der Waals surface area contributed by atoms with E-state index in [9.17, 15) is 17.6 Å². The first-order valence-electron chi connectivity index (χ1n) is 5.61. The van der Waals surface area contributed by atoms with Gasteiger partial charge in [0, 0.05) is 17.3 Å². The minimum absolute atomic E-state index is 0.149. The zero-order chi connectivity index (χ0) is 14.3. The maximum atomic E-state index is 13.7. The molecule has 1 aromatic carbocycles. The topological polar surface area (TPSA) is 41.6 Å². The van der Waals surface area contributed by atoms with Gasteiger partial charge in [0.15, 0.2) is 0 Å². The Hall–Kier alpha value is -2.44. The number of rotatable bonds is 1. The highest BCUT2D eigenvalue weighted by molar-refractivity contribution is 5.79. The molecule has 0 spiro atoms. The number of nitrogens with zero attached hydrogens (tertiary/aromatic N) is 2. The van der Waals surface area contributed by atoms with E-state index in [2.05, 4.69) is 15.2 Å². The van der Waals surface area contributed by atoms with Gasteiger partial charge < -0.3 is 0 Å². The second-order valence-electron chi connectivity index (χ2n) is 4.22. The van der Waals surface area contributed by atoms with Crippen LogP contribution >= 0.6 is 0 Å². The minimum Gasteiger partial charge on any atom is -0.276 e. The zero-order valence-electron chi connectivity index (χ0n) is 9.87. The summed E-state index contributed by atoms with van der Waals surface area (Å²) in [4.78, 5) is 4.01. The SMILES string of the molecule is Fc1ccc(C(F)(F)F)cc1-c1cnc2cn[nH]c2c1. The average Bonchev–Trinajstić information content (AvgIpc) is 2.85. The number of benzene rings is 1. The molecule has 2 heterocycles. The summed E-state index contributed by atoms with van der Waals surface area (Å²) in [6.45, 7) is 0. The van der Waals surface area contributed by atoms with E-state index in [1.54, 1.807) is 0 Å². The number of hydrogen-bond acceptors (Lipinski definition) is 2. The molecule has 0 amide bonds. The monoisotopic (exact) mass is 281 g/mol. The number of halogens is 4. The van der Waals surface area contributed by atoms with Gasteiger partial charge in [-0.25, -0.2) is 4.39 Å². The number of alkyl halides is 3. The van der Waals surface area contributed by atoms with Crippen LogP contribution in [0.4, 0.5) is 17.6 Å². The maximum absolute atomic E-state index is 13.7. The van der Waals surface area contributed by atoms with Crippen LogP contribution in [0.2, 0.25) is 0 Å². The van der Waals surface area contributed by atoms with Gasteiger partial charge in [0.05, 0.1) is 17.3 Å². The zero-order valence-corrected chi connectivity index (χ0v) is 9.87. The molecular formula is C13H7F4N3. The second kappa shape index (κ2) is 4.29. The van der Waals surface area contributed by atoms with Gasteiger partial charge in [0.25, 0.3) is 0 Å². The first-order chi connectivity index (χ1) is 9.45. The van der Waals surface area contributed by atoms with Gasteiger partial charge in [-0.05, 0) is 24.3 Å². The lowest BCUT2D eigenvalue weighted by molar-refractivity contribution is -0.137. The quantitative estimate of drug-likeness (QED) is 0.690. The van der Waals surface area contributed by atoms with Gasteiger partial charge >= 0.3 is 6.18 Å². The molecule has 102 valence electrons. The van der Waals surface area contributed by atoms with Crippen LogP contribution in [0.25, 0.3) is 22.2 Å². The van der Waals surface area contributed by atoms with Crippen molar-refractivity contribution in [1.29, 1.82) is 0 Å². The van der Waals surface area contributed by atoms with Gasteiger partial charge in [-0.1, -0.05) is 0 Å². The van der Waals surface area contributed by atoms with E-state index in [4.69, 9.17) is 0 Å². The smallest absolute Gasteiger partial charge is 0.276 e. The Morgan fingerprint density at radius 1 is 1.05 bits per heavy atom. The predicted octanol–water partition coefficient (Wildman–Crippen LogP) is 3.78. The fourth-order valence-corrected chi connectivity index (χ4v) is 1.90. The molecule has 0 fully saturated rings. The van der Waals surface area contributed by atoms with Crippen molar-refractivity contribution in [2.45, 2.75) is 6.18 Å². The molecule has 0 radical (unpaired) electrons. The van der Waals surface area contributed by atoms with Crippen LogP contribution in [0.3, 0.4) is 0 Å². The van der Waals surface area contributed by atoms with E-state index in [0.29, 0.717) is 17.1 Å². The van der Waals surface area contributed by atoms with Crippen molar-refractivity contribution in [1.82, 2.24) is 15.2 Å². The molecule has 2 aromatic heterocycles. The highest BCUT2D eigenvalue weighted by atomic mass is 19.4. The number of hydrogen-bond donors (Lipinski definition) is 1. The Labute approximate surface area is 110 Å². The number of aromatic amines is 1. The lowest BCUT2D eigenvalue weighted by Crippen LogP contribution is -2.05. The van der Waals surface area contributed by atoms with Crippen LogP contribution in [-0.2, 0) is 6.18 Å². The highest BCUT2D eigenvalue weighted by Gasteiger charge is 2.31. The molecule has 20 heavy (non-hydrogen) atoms. The van der Waals surface area contributed by atoms with Crippen molar-refractivity contribution in [3.63, 3.8) is 0 Å². The van der Waals surface area contributed by atoms with Crippen molar-refractivity contribution in [3.8, 4) is 11.1 Å².